The fourth-order valence-electron chi connectivity index (χ4n) is 4.62. The molecule has 38 heavy (non-hydrogen) atoms. The molecule has 0 saturated carbocycles. The Bertz CT molecular complexity index is 1500. The highest BCUT2D eigenvalue weighted by Gasteiger charge is 2.20. The van der Waals surface area contributed by atoms with Gasteiger partial charge in [-0.05, 0) is 59.9 Å². The number of methoxy groups -OCH3 is 1. The van der Waals surface area contributed by atoms with Gasteiger partial charge in [-0.25, -0.2) is 4.98 Å². The Balaban J connectivity index is 1.44. The van der Waals surface area contributed by atoms with E-state index in [1.165, 1.54) is 0 Å². The first kappa shape index (κ1) is 26.3. The normalized spacial score (nSPS) is 13.7. The molecule has 0 bridgehead atoms. The molecule has 2 aromatic heterocycles. The molecule has 3 heterocycles. The van der Waals surface area contributed by atoms with Crippen molar-refractivity contribution in [2.24, 2.45) is 0 Å². The van der Waals surface area contributed by atoms with Crippen molar-refractivity contribution in [2.45, 2.75) is 19.8 Å². The number of piperidine rings is 1. The number of ether oxygens (including phenoxy) is 1. The number of anilines is 5. The van der Waals surface area contributed by atoms with E-state index >= 15 is 0 Å². The Morgan fingerprint density at radius 2 is 1.79 bits per heavy atom. The Labute approximate surface area is 231 Å². The van der Waals surface area contributed by atoms with Crippen molar-refractivity contribution in [3.05, 3.63) is 52.9 Å². The standard InChI is InChI=1S/C27H29BrN7O2P/c1-16-13-21(23(37-2)14-22(16)35-11-7-17(36)8-12-35)33-27-31-15-18(28)26(34-27)32-20-6-5-19-24(25(20)38(3)4)30-10-9-29-19/h5-6,9-10,13-15H,7-8,11-12H2,1-4H3,(H2,31,32,33,34). The molecule has 1 aliphatic heterocycles. The van der Waals surface area contributed by atoms with Gasteiger partial charge < -0.3 is 20.3 Å². The Hall–Kier alpha value is -3.36. The van der Waals surface area contributed by atoms with Crippen LogP contribution in [0.25, 0.3) is 11.0 Å². The van der Waals surface area contributed by atoms with Gasteiger partial charge in [0.2, 0.25) is 5.95 Å². The van der Waals surface area contributed by atoms with E-state index in [9.17, 15) is 4.79 Å². The zero-order valence-electron chi connectivity index (χ0n) is 21.7. The number of carbonyl (C=O) groups is 1. The SMILES string of the molecule is COc1cc(N2CCC(=O)CC2)c(C)cc1Nc1ncc(Br)c(Nc2ccc3nccnc3c2P(C)C)n1. The van der Waals surface area contributed by atoms with Gasteiger partial charge in [0.05, 0.1) is 28.3 Å². The molecular weight excluding hydrogens is 565 g/mol. The molecule has 0 radical (unpaired) electrons. The van der Waals surface area contributed by atoms with Gasteiger partial charge in [0.15, 0.2) is 0 Å². The van der Waals surface area contributed by atoms with E-state index in [1.54, 1.807) is 25.7 Å². The molecule has 9 nitrogen and oxygen atoms in total. The van der Waals surface area contributed by atoms with Crippen LogP contribution < -0.4 is 25.6 Å². The van der Waals surface area contributed by atoms with Crippen LogP contribution in [0.4, 0.5) is 28.8 Å². The fourth-order valence-corrected chi connectivity index (χ4v) is 6.12. The lowest BCUT2D eigenvalue weighted by molar-refractivity contribution is -0.119. The van der Waals surface area contributed by atoms with Crippen LogP contribution in [0.5, 0.6) is 5.75 Å². The van der Waals surface area contributed by atoms with Crippen molar-refractivity contribution >= 4 is 74.8 Å². The van der Waals surface area contributed by atoms with Gasteiger partial charge in [-0.15, -0.1) is 0 Å². The van der Waals surface area contributed by atoms with E-state index in [-0.39, 0.29) is 0 Å². The van der Waals surface area contributed by atoms with Crippen LogP contribution in [0.15, 0.2) is 47.3 Å². The summed E-state index contributed by atoms with van der Waals surface area (Å²) in [5, 5.41) is 7.94. The maximum absolute atomic E-state index is 11.7. The van der Waals surface area contributed by atoms with E-state index in [4.69, 9.17) is 9.72 Å². The van der Waals surface area contributed by atoms with Gasteiger partial charge in [-0.3, -0.25) is 14.8 Å². The maximum atomic E-state index is 11.7. The minimum Gasteiger partial charge on any atom is -0.494 e. The second-order valence-corrected chi connectivity index (χ2v) is 12.4. The molecule has 0 amide bonds. The summed E-state index contributed by atoms with van der Waals surface area (Å²) in [7, 11) is 1.18. The van der Waals surface area contributed by atoms with Crippen LogP contribution in [-0.2, 0) is 4.79 Å². The zero-order chi connectivity index (χ0) is 26.8. The molecule has 1 saturated heterocycles. The Kier molecular flexibility index (Phi) is 7.72. The number of ketones is 1. The number of fused-ring (bicyclic) bond motifs is 1. The number of nitrogens with one attached hydrogen (secondary N) is 2. The highest BCUT2D eigenvalue weighted by Crippen LogP contribution is 2.37. The van der Waals surface area contributed by atoms with Crippen LogP contribution in [0.1, 0.15) is 18.4 Å². The van der Waals surface area contributed by atoms with Crippen molar-refractivity contribution in [3.8, 4) is 5.75 Å². The monoisotopic (exact) mass is 593 g/mol. The predicted molar refractivity (Wildman–Crippen MR) is 158 cm³/mol. The van der Waals surface area contributed by atoms with Crippen LogP contribution in [-0.4, -0.2) is 59.2 Å². The molecule has 5 rings (SSSR count). The number of benzene rings is 2. The molecule has 1 fully saturated rings. The molecule has 0 unspecified atom stereocenters. The van der Waals surface area contributed by atoms with E-state index in [1.807, 2.05) is 24.3 Å². The number of hydrogen-bond acceptors (Lipinski definition) is 9. The third-order valence-corrected chi connectivity index (χ3v) is 8.41. The van der Waals surface area contributed by atoms with Crippen LogP contribution in [0, 0.1) is 6.92 Å². The van der Waals surface area contributed by atoms with E-state index in [0.717, 1.165) is 56.5 Å². The van der Waals surface area contributed by atoms with Crippen molar-refractivity contribution in [1.29, 1.82) is 0 Å². The van der Waals surface area contributed by atoms with Crippen molar-refractivity contribution in [3.63, 3.8) is 0 Å². The summed E-state index contributed by atoms with van der Waals surface area (Å²) in [5.41, 5.74) is 5.63. The van der Waals surface area contributed by atoms with Gasteiger partial charge in [-0.2, -0.15) is 4.98 Å². The largest absolute Gasteiger partial charge is 0.494 e. The highest BCUT2D eigenvalue weighted by molar-refractivity contribution is 9.10. The highest BCUT2D eigenvalue weighted by atomic mass is 79.9. The molecule has 1 aliphatic rings. The average molecular weight is 594 g/mol. The lowest BCUT2D eigenvalue weighted by Gasteiger charge is -2.30. The Morgan fingerprint density at radius 3 is 2.53 bits per heavy atom. The lowest BCUT2D eigenvalue weighted by Crippen LogP contribution is -2.34. The van der Waals surface area contributed by atoms with Gasteiger partial charge in [0.25, 0.3) is 0 Å². The number of hydrogen-bond donors (Lipinski definition) is 2. The average Bonchev–Trinajstić information content (AvgIpc) is 2.91. The molecule has 0 spiro atoms. The second-order valence-electron chi connectivity index (χ2n) is 9.29. The molecule has 2 N–H and O–H groups in total. The molecule has 0 aliphatic carbocycles. The van der Waals surface area contributed by atoms with Crippen molar-refractivity contribution in [1.82, 2.24) is 19.9 Å². The maximum Gasteiger partial charge on any atom is 0.229 e. The summed E-state index contributed by atoms with van der Waals surface area (Å²) in [4.78, 5) is 32.2. The molecule has 196 valence electrons. The quantitative estimate of drug-likeness (QED) is 0.268. The van der Waals surface area contributed by atoms with Gasteiger partial charge in [0.1, 0.15) is 17.4 Å². The summed E-state index contributed by atoms with van der Waals surface area (Å²) in [6.45, 7) is 7.91. The number of carbonyl (C=O) groups excluding carboxylic acids is 1. The minimum atomic E-state index is -0.470. The number of nitrogens with zero attached hydrogens (tertiary/aromatic N) is 5. The second kappa shape index (κ2) is 11.2. The summed E-state index contributed by atoms with van der Waals surface area (Å²) in [6, 6.07) is 8.04. The molecule has 2 aromatic carbocycles. The van der Waals surface area contributed by atoms with Crippen LogP contribution in [0.3, 0.4) is 0 Å². The first-order valence-corrected chi connectivity index (χ1v) is 15.3. The van der Waals surface area contributed by atoms with E-state index in [0.29, 0.717) is 36.1 Å². The number of aryl methyl sites for hydroxylation is 1. The molecule has 11 heteroatoms. The molecular formula is C27H29BrN7O2P. The van der Waals surface area contributed by atoms with Crippen molar-refractivity contribution < 1.29 is 9.53 Å². The zero-order valence-corrected chi connectivity index (χ0v) is 24.2. The van der Waals surface area contributed by atoms with Crippen LogP contribution >= 0.6 is 23.9 Å². The van der Waals surface area contributed by atoms with Gasteiger partial charge in [0, 0.05) is 67.3 Å². The van der Waals surface area contributed by atoms with E-state index < -0.39 is 7.92 Å². The van der Waals surface area contributed by atoms with Gasteiger partial charge in [-0.1, -0.05) is 7.92 Å². The number of Topliss-reactive ketones (excluding diaryl/α,β-unsaturated/α-hetero) is 1. The summed E-state index contributed by atoms with van der Waals surface area (Å²) in [5.74, 6) is 2.07. The third kappa shape index (κ3) is 5.42. The predicted octanol–water partition coefficient (Wildman–Crippen LogP) is 5.52. The summed E-state index contributed by atoms with van der Waals surface area (Å²) in [6.07, 6.45) is 6.31. The fraction of sp³-hybridized carbons (Fsp3) is 0.296. The van der Waals surface area contributed by atoms with Crippen LogP contribution in [0.2, 0.25) is 0 Å². The van der Waals surface area contributed by atoms with Crippen molar-refractivity contribution in [2.75, 3.05) is 49.1 Å². The van der Waals surface area contributed by atoms with Gasteiger partial charge >= 0.3 is 0 Å². The first-order chi connectivity index (χ1) is 18.3. The smallest absolute Gasteiger partial charge is 0.229 e. The number of halogens is 1. The number of rotatable bonds is 7. The third-order valence-electron chi connectivity index (χ3n) is 6.48. The topological polar surface area (TPSA) is 105 Å². The summed E-state index contributed by atoms with van der Waals surface area (Å²) >= 11 is 3.59. The minimum absolute atomic E-state index is 0.319. The molecule has 0 atom stereocenters. The summed E-state index contributed by atoms with van der Waals surface area (Å²) < 4.78 is 6.45. The first-order valence-electron chi connectivity index (χ1n) is 12.3. The number of aromatic nitrogens is 4. The Morgan fingerprint density at radius 1 is 1.03 bits per heavy atom. The molecule has 4 aromatic rings. The van der Waals surface area contributed by atoms with E-state index in [2.05, 4.69) is 66.7 Å². The lowest BCUT2D eigenvalue weighted by atomic mass is 10.1.